The summed E-state index contributed by atoms with van der Waals surface area (Å²) in [5, 5.41) is 7.86. The molecule has 0 saturated heterocycles. The van der Waals surface area contributed by atoms with E-state index >= 15 is 0 Å². The number of aromatic nitrogens is 4. The highest BCUT2D eigenvalue weighted by atomic mass is 16.5. The molecule has 2 heterocycles. The normalized spacial score (nSPS) is 11.9. The highest BCUT2D eigenvalue weighted by Crippen LogP contribution is 2.39. The van der Waals surface area contributed by atoms with Crippen molar-refractivity contribution < 1.29 is 4.74 Å². The molecule has 0 N–H and O–H groups in total. The molecule has 2 aromatic heterocycles. The Balaban J connectivity index is 1.08. The number of nitrogens with zero attached hydrogens (tertiary/aromatic N) is 4. The summed E-state index contributed by atoms with van der Waals surface area (Å²) in [6.45, 7) is 6.20. The molecule has 270 valence electrons. The molecule has 1 unspecified atom stereocenters. The van der Waals surface area contributed by atoms with Crippen LogP contribution in [-0.2, 0) is 0 Å². The van der Waals surface area contributed by atoms with Crippen LogP contribution < -0.4 is 4.74 Å². The van der Waals surface area contributed by atoms with Gasteiger partial charge in [-0.2, -0.15) is 0 Å². The van der Waals surface area contributed by atoms with Crippen LogP contribution in [0.2, 0.25) is 0 Å². The molecular weight excluding hydrogens is 697 g/mol. The lowest BCUT2D eigenvalue weighted by molar-refractivity contribution is 0.254. The molecule has 8 aromatic carbocycles. The maximum absolute atomic E-state index is 6.62. The highest BCUT2D eigenvalue weighted by molar-refractivity contribution is 6.13. The van der Waals surface area contributed by atoms with Gasteiger partial charge in [0, 0.05) is 33.0 Å². The van der Waals surface area contributed by atoms with E-state index in [-0.39, 0.29) is 6.10 Å². The maximum atomic E-state index is 6.62. The maximum Gasteiger partial charge on any atom is 0.164 e. The third-order valence-electron chi connectivity index (χ3n) is 10.7. The summed E-state index contributed by atoms with van der Waals surface area (Å²) in [5.74, 6) is 2.67. The first kappa shape index (κ1) is 34.0. The van der Waals surface area contributed by atoms with E-state index in [9.17, 15) is 0 Å². The molecule has 10 aromatic rings. The topological polar surface area (TPSA) is 60.8 Å². The van der Waals surface area contributed by atoms with Crippen molar-refractivity contribution in [1.82, 2.24) is 19.9 Å². The standard InChI is InChI=1S/C52H36N4O/c1-3-46(36-15-5-4-6-16-36)57-47-30-29-44-48(33(47)2)43-19-11-12-20-45(43)53-49(44)37-23-25-38(26-24-37)50-54-51(41-27-21-34-13-7-9-17-39(34)31-41)56-52(55-50)42-28-22-35-14-8-10-18-40(35)32-42/h3-32,46H,1H2,2H3. The van der Waals surface area contributed by atoms with Gasteiger partial charge in [0.05, 0.1) is 11.2 Å². The van der Waals surface area contributed by atoms with E-state index in [2.05, 4.69) is 165 Å². The van der Waals surface area contributed by atoms with Crippen molar-refractivity contribution in [3.05, 3.63) is 200 Å². The minimum absolute atomic E-state index is 0.277. The summed E-state index contributed by atoms with van der Waals surface area (Å²) >= 11 is 0. The number of hydrogen-bond acceptors (Lipinski definition) is 5. The number of fused-ring (bicyclic) bond motifs is 5. The van der Waals surface area contributed by atoms with Gasteiger partial charge in [0.25, 0.3) is 0 Å². The Morgan fingerprint density at radius 3 is 1.63 bits per heavy atom. The third-order valence-corrected chi connectivity index (χ3v) is 10.7. The second-order valence-electron chi connectivity index (χ2n) is 14.3. The summed E-state index contributed by atoms with van der Waals surface area (Å²) in [6.07, 6.45) is 1.57. The number of ether oxygens (including phenoxy) is 1. The molecule has 0 bridgehead atoms. The summed E-state index contributed by atoms with van der Waals surface area (Å²) < 4.78 is 6.62. The lowest BCUT2D eigenvalue weighted by Crippen LogP contribution is -2.05. The first-order valence-electron chi connectivity index (χ1n) is 19.1. The van der Waals surface area contributed by atoms with Crippen LogP contribution in [0.5, 0.6) is 5.75 Å². The van der Waals surface area contributed by atoms with Crippen LogP contribution in [0.3, 0.4) is 0 Å². The smallest absolute Gasteiger partial charge is 0.164 e. The molecule has 10 rings (SSSR count). The van der Waals surface area contributed by atoms with Crippen LogP contribution >= 0.6 is 0 Å². The van der Waals surface area contributed by atoms with Gasteiger partial charge in [-0.15, -0.1) is 0 Å². The largest absolute Gasteiger partial charge is 0.481 e. The lowest BCUT2D eigenvalue weighted by Gasteiger charge is -2.20. The first-order valence-corrected chi connectivity index (χ1v) is 19.1. The Bertz CT molecular complexity index is 3040. The van der Waals surface area contributed by atoms with E-state index < -0.39 is 0 Å². The van der Waals surface area contributed by atoms with Crippen LogP contribution in [0.4, 0.5) is 0 Å². The van der Waals surface area contributed by atoms with E-state index in [0.29, 0.717) is 17.5 Å². The molecule has 0 aliphatic carbocycles. The van der Waals surface area contributed by atoms with E-state index in [4.69, 9.17) is 24.7 Å². The van der Waals surface area contributed by atoms with Gasteiger partial charge in [0.15, 0.2) is 17.5 Å². The highest BCUT2D eigenvalue weighted by Gasteiger charge is 2.19. The van der Waals surface area contributed by atoms with Gasteiger partial charge < -0.3 is 4.74 Å². The van der Waals surface area contributed by atoms with Gasteiger partial charge in [0.1, 0.15) is 11.9 Å². The summed E-state index contributed by atoms with van der Waals surface area (Å²) in [6, 6.07) is 60.5. The fraction of sp³-hybridized carbons (Fsp3) is 0.0385. The minimum Gasteiger partial charge on any atom is -0.481 e. The van der Waals surface area contributed by atoms with E-state index in [1.165, 1.54) is 10.8 Å². The van der Waals surface area contributed by atoms with Crippen molar-refractivity contribution in [3.63, 3.8) is 0 Å². The number of rotatable bonds is 8. The van der Waals surface area contributed by atoms with Crippen molar-refractivity contribution >= 4 is 43.2 Å². The number of para-hydroxylation sites is 1. The van der Waals surface area contributed by atoms with E-state index in [1.807, 2.05) is 30.3 Å². The van der Waals surface area contributed by atoms with Gasteiger partial charge in [-0.1, -0.05) is 152 Å². The predicted octanol–water partition coefficient (Wildman–Crippen LogP) is 13.2. The average molecular weight is 733 g/mol. The van der Waals surface area contributed by atoms with Crippen molar-refractivity contribution in [2.45, 2.75) is 13.0 Å². The van der Waals surface area contributed by atoms with Gasteiger partial charge in [0.2, 0.25) is 0 Å². The predicted molar refractivity (Wildman–Crippen MR) is 234 cm³/mol. The Hall–Kier alpha value is -7.50. The Morgan fingerprint density at radius 1 is 0.474 bits per heavy atom. The monoisotopic (exact) mass is 732 g/mol. The van der Waals surface area contributed by atoms with Gasteiger partial charge in [-0.3, -0.25) is 0 Å². The number of pyridine rings is 1. The zero-order valence-corrected chi connectivity index (χ0v) is 31.3. The lowest BCUT2D eigenvalue weighted by atomic mass is 9.95. The van der Waals surface area contributed by atoms with Crippen LogP contribution in [-0.4, -0.2) is 19.9 Å². The first-order chi connectivity index (χ1) is 28.1. The fourth-order valence-electron chi connectivity index (χ4n) is 7.78. The second-order valence-corrected chi connectivity index (χ2v) is 14.3. The number of aryl methyl sites for hydroxylation is 1. The number of benzene rings is 8. The molecule has 0 amide bonds. The van der Waals surface area contributed by atoms with E-state index in [0.717, 1.165) is 77.3 Å². The molecule has 5 nitrogen and oxygen atoms in total. The molecular formula is C52H36N4O. The van der Waals surface area contributed by atoms with Crippen LogP contribution in [0.25, 0.3) is 88.6 Å². The molecule has 1 atom stereocenters. The summed E-state index contributed by atoms with van der Waals surface area (Å²) in [4.78, 5) is 20.4. The summed E-state index contributed by atoms with van der Waals surface area (Å²) in [5.41, 5.74) is 7.68. The van der Waals surface area contributed by atoms with Crippen LogP contribution in [0, 0.1) is 6.92 Å². The number of hydrogen-bond donors (Lipinski definition) is 0. The average Bonchev–Trinajstić information content (AvgIpc) is 3.28. The zero-order valence-electron chi connectivity index (χ0n) is 31.3. The summed E-state index contributed by atoms with van der Waals surface area (Å²) in [7, 11) is 0. The van der Waals surface area contributed by atoms with Crippen molar-refractivity contribution in [1.29, 1.82) is 0 Å². The Kier molecular flexibility index (Phi) is 8.53. The molecule has 0 fully saturated rings. The Labute approximate surface area is 330 Å². The second kappa shape index (κ2) is 14.3. The minimum atomic E-state index is -0.277. The molecule has 57 heavy (non-hydrogen) atoms. The molecule has 0 aliphatic rings. The quantitative estimate of drug-likeness (QED) is 0.115. The van der Waals surface area contributed by atoms with Gasteiger partial charge >= 0.3 is 0 Å². The fourth-order valence-corrected chi connectivity index (χ4v) is 7.78. The molecule has 0 radical (unpaired) electrons. The van der Waals surface area contributed by atoms with Crippen LogP contribution in [0.15, 0.2) is 189 Å². The molecule has 0 aliphatic heterocycles. The Morgan fingerprint density at radius 2 is 1.00 bits per heavy atom. The van der Waals surface area contributed by atoms with Gasteiger partial charge in [-0.25, -0.2) is 19.9 Å². The van der Waals surface area contributed by atoms with Crippen molar-refractivity contribution in [3.8, 4) is 51.2 Å². The van der Waals surface area contributed by atoms with Crippen molar-refractivity contribution in [2.24, 2.45) is 0 Å². The zero-order chi connectivity index (χ0) is 38.3. The molecule has 0 spiro atoms. The van der Waals surface area contributed by atoms with Crippen LogP contribution in [0.1, 0.15) is 17.2 Å². The van der Waals surface area contributed by atoms with E-state index in [1.54, 1.807) is 0 Å². The van der Waals surface area contributed by atoms with Gasteiger partial charge in [-0.05, 0) is 81.4 Å². The molecule has 5 heteroatoms. The van der Waals surface area contributed by atoms with Crippen molar-refractivity contribution in [2.75, 3.05) is 0 Å². The SMILES string of the molecule is C=CC(Oc1ccc2c(-c3ccc(-c4nc(-c5ccc6ccccc6c5)nc(-c5ccc6ccccc6c5)n4)cc3)nc3ccccc3c2c1C)c1ccccc1. The molecule has 0 saturated carbocycles. The third kappa shape index (κ3) is 6.35.